The van der Waals surface area contributed by atoms with Crippen LogP contribution in [0.1, 0.15) is 24.0 Å². The van der Waals surface area contributed by atoms with Gasteiger partial charge in [-0.2, -0.15) is 11.8 Å². The zero-order chi connectivity index (χ0) is 14.4. The fraction of sp³-hybridized carbons (Fsp3) is 0.625. The van der Waals surface area contributed by atoms with Crippen LogP contribution >= 0.6 is 11.8 Å². The van der Waals surface area contributed by atoms with Crippen LogP contribution in [0.25, 0.3) is 0 Å². The zero-order valence-corrected chi connectivity index (χ0v) is 13.2. The van der Waals surface area contributed by atoms with Gasteiger partial charge in [0.25, 0.3) is 0 Å². The summed E-state index contributed by atoms with van der Waals surface area (Å²) in [6.07, 6.45) is 2.04. The molecule has 0 bridgehead atoms. The summed E-state index contributed by atoms with van der Waals surface area (Å²) in [5, 5.41) is 13.4. The lowest BCUT2D eigenvalue weighted by molar-refractivity contribution is 0.104. The smallest absolute Gasteiger partial charge is 0.119 e. The number of aliphatic hydroxyl groups is 1. The summed E-state index contributed by atoms with van der Waals surface area (Å²) >= 11 is 1.99. The summed E-state index contributed by atoms with van der Waals surface area (Å²) in [7, 11) is 0. The number of benzene rings is 1. The van der Waals surface area contributed by atoms with Crippen molar-refractivity contribution in [3.63, 3.8) is 0 Å². The molecule has 4 heteroatoms. The molecule has 3 nitrogen and oxygen atoms in total. The van der Waals surface area contributed by atoms with E-state index in [0.29, 0.717) is 19.2 Å². The Kier molecular flexibility index (Phi) is 6.20. The standard InChI is InChI=1S/C16H25NO2S/c1-12-6-13(2)8-16(7-12)19-10-15(18)9-17-14-4-3-5-20-11-14/h6-8,14-15,17-18H,3-5,9-11H2,1-2H3. The molecule has 1 aromatic rings. The molecule has 2 atom stereocenters. The number of aryl methyl sites for hydroxylation is 2. The van der Waals surface area contributed by atoms with E-state index in [2.05, 4.69) is 25.2 Å². The van der Waals surface area contributed by atoms with E-state index in [9.17, 15) is 5.11 Å². The van der Waals surface area contributed by atoms with Crippen molar-refractivity contribution in [2.75, 3.05) is 24.7 Å². The molecule has 0 radical (unpaired) electrons. The van der Waals surface area contributed by atoms with E-state index in [1.807, 2.05) is 23.9 Å². The number of thioether (sulfide) groups is 1. The van der Waals surface area contributed by atoms with E-state index in [-0.39, 0.29) is 0 Å². The third-order valence-corrected chi connectivity index (χ3v) is 4.66. The second-order valence-corrected chi connectivity index (χ2v) is 6.76. The van der Waals surface area contributed by atoms with Crippen molar-refractivity contribution in [2.24, 2.45) is 0 Å². The Bertz CT molecular complexity index is 399. The second kappa shape index (κ2) is 7.91. The van der Waals surface area contributed by atoms with E-state index >= 15 is 0 Å². The van der Waals surface area contributed by atoms with Crippen molar-refractivity contribution >= 4 is 11.8 Å². The Balaban J connectivity index is 1.70. The molecule has 2 unspecified atom stereocenters. The lowest BCUT2D eigenvalue weighted by Crippen LogP contribution is -2.40. The topological polar surface area (TPSA) is 41.5 Å². The first-order valence-corrected chi connectivity index (χ1v) is 8.49. The van der Waals surface area contributed by atoms with Crippen molar-refractivity contribution in [3.8, 4) is 5.75 Å². The maximum Gasteiger partial charge on any atom is 0.119 e. The fourth-order valence-electron chi connectivity index (χ4n) is 2.47. The molecule has 0 saturated carbocycles. The van der Waals surface area contributed by atoms with Gasteiger partial charge in [0.05, 0.1) is 0 Å². The third-order valence-electron chi connectivity index (χ3n) is 3.44. The average Bonchev–Trinajstić information content (AvgIpc) is 2.43. The molecule has 2 N–H and O–H groups in total. The van der Waals surface area contributed by atoms with Crippen LogP contribution < -0.4 is 10.1 Å². The molecule has 1 aliphatic rings. The number of rotatable bonds is 6. The van der Waals surface area contributed by atoms with Gasteiger partial charge in [0.15, 0.2) is 0 Å². The number of ether oxygens (including phenoxy) is 1. The summed E-state index contributed by atoms with van der Waals surface area (Å²) in [5.74, 6) is 3.27. The maximum absolute atomic E-state index is 9.99. The molecule has 1 heterocycles. The Labute approximate surface area is 126 Å². The van der Waals surface area contributed by atoms with E-state index in [1.54, 1.807) is 0 Å². The monoisotopic (exact) mass is 295 g/mol. The van der Waals surface area contributed by atoms with E-state index in [0.717, 1.165) is 11.5 Å². The zero-order valence-electron chi connectivity index (χ0n) is 12.4. The Morgan fingerprint density at radius 2 is 2.10 bits per heavy atom. The summed E-state index contributed by atoms with van der Waals surface area (Å²) in [6, 6.07) is 6.67. The van der Waals surface area contributed by atoms with Crippen molar-refractivity contribution in [1.82, 2.24) is 5.32 Å². The minimum Gasteiger partial charge on any atom is -0.491 e. The Morgan fingerprint density at radius 3 is 2.75 bits per heavy atom. The molecular weight excluding hydrogens is 270 g/mol. The third kappa shape index (κ3) is 5.35. The lowest BCUT2D eigenvalue weighted by atomic mass is 10.1. The van der Waals surface area contributed by atoms with Crippen molar-refractivity contribution in [3.05, 3.63) is 29.3 Å². The fourth-order valence-corrected chi connectivity index (χ4v) is 3.58. The van der Waals surface area contributed by atoms with Gasteiger partial charge in [-0.15, -0.1) is 0 Å². The summed E-state index contributed by atoms with van der Waals surface area (Å²) < 4.78 is 5.67. The molecule has 1 aliphatic heterocycles. The quantitative estimate of drug-likeness (QED) is 0.846. The first-order valence-electron chi connectivity index (χ1n) is 7.34. The molecule has 112 valence electrons. The summed E-state index contributed by atoms with van der Waals surface area (Å²) in [5.41, 5.74) is 2.37. The first-order chi connectivity index (χ1) is 9.63. The van der Waals surface area contributed by atoms with E-state index in [1.165, 1.54) is 29.7 Å². The predicted octanol–water partition coefficient (Wildman–Crippen LogP) is 2.53. The van der Waals surface area contributed by atoms with Gasteiger partial charge >= 0.3 is 0 Å². The highest BCUT2D eigenvalue weighted by molar-refractivity contribution is 7.99. The molecule has 2 rings (SSSR count). The number of hydrogen-bond acceptors (Lipinski definition) is 4. The molecule has 1 fully saturated rings. The largest absolute Gasteiger partial charge is 0.491 e. The van der Waals surface area contributed by atoms with Gasteiger partial charge < -0.3 is 15.2 Å². The predicted molar refractivity (Wildman–Crippen MR) is 85.8 cm³/mol. The Morgan fingerprint density at radius 1 is 1.35 bits per heavy atom. The van der Waals surface area contributed by atoms with Crippen LogP contribution in [0.3, 0.4) is 0 Å². The highest BCUT2D eigenvalue weighted by Gasteiger charge is 2.14. The summed E-state index contributed by atoms with van der Waals surface area (Å²) in [4.78, 5) is 0. The van der Waals surface area contributed by atoms with Crippen LogP contribution in [0.2, 0.25) is 0 Å². The SMILES string of the molecule is Cc1cc(C)cc(OCC(O)CNC2CCCSC2)c1. The van der Waals surface area contributed by atoms with Gasteiger partial charge in [0.2, 0.25) is 0 Å². The molecular formula is C16H25NO2S. The molecule has 0 spiro atoms. The van der Waals surface area contributed by atoms with Crippen molar-refractivity contribution in [1.29, 1.82) is 0 Å². The second-order valence-electron chi connectivity index (χ2n) is 5.61. The average molecular weight is 295 g/mol. The van der Waals surface area contributed by atoms with Crippen LogP contribution in [0.4, 0.5) is 0 Å². The van der Waals surface area contributed by atoms with Gasteiger partial charge in [-0.1, -0.05) is 6.07 Å². The number of hydrogen-bond donors (Lipinski definition) is 2. The molecule has 0 aliphatic carbocycles. The van der Waals surface area contributed by atoms with Crippen molar-refractivity contribution < 1.29 is 9.84 Å². The Hall–Kier alpha value is -0.710. The molecule has 1 aromatic carbocycles. The summed E-state index contributed by atoms with van der Waals surface area (Å²) in [6.45, 7) is 5.06. The normalized spacial score (nSPS) is 20.6. The van der Waals surface area contributed by atoms with Crippen LogP contribution in [0, 0.1) is 13.8 Å². The first kappa shape index (κ1) is 15.7. The number of nitrogens with one attached hydrogen (secondary N) is 1. The van der Waals surface area contributed by atoms with Crippen LogP contribution in [-0.2, 0) is 0 Å². The number of aliphatic hydroxyl groups excluding tert-OH is 1. The van der Waals surface area contributed by atoms with Gasteiger partial charge in [0, 0.05) is 18.3 Å². The van der Waals surface area contributed by atoms with Gasteiger partial charge in [-0.25, -0.2) is 0 Å². The van der Waals surface area contributed by atoms with Crippen LogP contribution in [0.15, 0.2) is 18.2 Å². The van der Waals surface area contributed by atoms with Gasteiger partial charge in [-0.05, 0) is 55.7 Å². The maximum atomic E-state index is 9.99. The minimum absolute atomic E-state index is 0.343. The molecule has 0 amide bonds. The molecule has 20 heavy (non-hydrogen) atoms. The molecule has 1 saturated heterocycles. The van der Waals surface area contributed by atoms with Crippen LogP contribution in [0.5, 0.6) is 5.75 Å². The van der Waals surface area contributed by atoms with E-state index < -0.39 is 6.10 Å². The van der Waals surface area contributed by atoms with Crippen LogP contribution in [-0.4, -0.2) is 41.9 Å². The van der Waals surface area contributed by atoms with Gasteiger partial charge in [0.1, 0.15) is 18.5 Å². The lowest BCUT2D eigenvalue weighted by Gasteiger charge is -2.24. The highest BCUT2D eigenvalue weighted by Crippen LogP contribution is 2.17. The van der Waals surface area contributed by atoms with E-state index in [4.69, 9.17) is 4.74 Å². The van der Waals surface area contributed by atoms with Crippen molar-refractivity contribution in [2.45, 2.75) is 38.8 Å². The minimum atomic E-state index is -0.456. The molecule has 0 aromatic heterocycles. The van der Waals surface area contributed by atoms with Gasteiger partial charge in [-0.3, -0.25) is 0 Å². The highest BCUT2D eigenvalue weighted by atomic mass is 32.2.